The van der Waals surface area contributed by atoms with Gasteiger partial charge in [-0.15, -0.1) is 0 Å². The number of nitrogens with one attached hydrogen (secondary N) is 1. The number of nitrogens with zero attached hydrogens (tertiary/aromatic N) is 2. The van der Waals surface area contributed by atoms with E-state index in [4.69, 9.17) is 4.52 Å². The van der Waals surface area contributed by atoms with Crippen LogP contribution in [-0.2, 0) is 10.2 Å². The van der Waals surface area contributed by atoms with E-state index in [0.29, 0.717) is 18.5 Å². The van der Waals surface area contributed by atoms with E-state index in [2.05, 4.69) is 43.1 Å². The summed E-state index contributed by atoms with van der Waals surface area (Å²) in [5, 5.41) is 6.82. The van der Waals surface area contributed by atoms with Crippen molar-refractivity contribution in [2.75, 3.05) is 18.9 Å². The molecular formula is C17H29N3O2. The Morgan fingerprint density at radius 1 is 1.36 bits per heavy atom. The van der Waals surface area contributed by atoms with Crippen LogP contribution < -0.4 is 5.32 Å². The van der Waals surface area contributed by atoms with Gasteiger partial charge in [-0.2, -0.15) is 0 Å². The van der Waals surface area contributed by atoms with Gasteiger partial charge in [0.05, 0.1) is 12.2 Å². The number of carbonyl (C=O) groups is 1. The molecule has 1 saturated carbocycles. The van der Waals surface area contributed by atoms with E-state index in [1.807, 2.05) is 7.05 Å². The maximum atomic E-state index is 12.1. The smallest absolute Gasteiger partial charge is 0.240 e. The van der Waals surface area contributed by atoms with E-state index in [0.717, 1.165) is 11.6 Å². The van der Waals surface area contributed by atoms with Gasteiger partial charge < -0.3 is 4.52 Å². The van der Waals surface area contributed by atoms with Crippen LogP contribution in [-0.4, -0.2) is 35.6 Å². The number of hydrogen-bond donors (Lipinski definition) is 1. The summed E-state index contributed by atoms with van der Waals surface area (Å²) in [6, 6.07) is 2.32. The molecule has 124 valence electrons. The first-order chi connectivity index (χ1) is 10.3. The normalized spacial score (nSPS) is 22.8. The molecule has 1 amide bonds. The lowest BCUT2D eigenvalue weighted by Crippen LogP contribution is -2.39. The largest absolute Gasteiger partial charge is 0.338 e. The molecule has 1 aliphatic rings. The molecule has 0 aromatic carbocycles. The highest BCUT2D eigenvalue weighted by Crippen LogP contribution is 2.26. The maximum absolute atomic E-state index is 12.1. The Morgan fingerprint density at radius 2 is 2.00 bits per heavy atom. The lowest BCUT2D eigenvalue weighted by atomic mass is 9.87. The second-order valence-corrected chi connectivity index (χ2v) is 7.70. The minimum absolute atomic E-state index is 0.0438. The molecule has 5 nitrogen and oxygen atoms in total. The predicted octanol–water partition coefficient (Wildman–Crippen LogP) is 3.42. The summed E-state index contributed by atoms with van der Waals surface area (Å²) in [6.07, 6.45) is 4.88. The molecule has 0 aliphatic heterocycles. The zero-order chi connectivity index (χ0) is 16.3. The number of rotatable bonds is 4. The van der Waals surface area contributed by atoms with Crippen LogP contribution >= 0.6 is 0 Å². The van der Waals surface area contributed by atoms with Gasteiger partial charge in [0.1, 0.15) is 0 Å². The second kappa shape index (κ2) is 6.82. The molecule has 1 N–H and O–H groups in total. The Hall–Kier alpha value is -1.36. The van der Waals surface area contributed by atoms with Gasteiger partial charge >= 0.3 is 0 Å². The third-order valence-electron chi connectivity index (χ3n) is 4.54. The standard InChI is InChI=1S/C17H29N3O2/c1-12-6-8-13(9-7-12)20(5)11-15(21)18-16-10-14(19-22-16)17(2,3)4/h10,12-13H,6-9,11H2,1-5H3,(H,18,21). The van der Waals surface area contributed by atoms with Gasteiger partial charge in [-0.05, 0) is 38.6 Å². The first kappa shape index (κ1) is 17.0. The molecule has 1 aromatic heterocycles. The molecule has 1 heterocycles. The van der Waals surface area contributed by atoms with Crippen molar-refractivity contribution in [3.05, 3.63) is 11.8 Å². The summed E-state index contributed by atoms with van der Waals surface area (Å²) in [7, 11) is 2.03. The van der Waals surface area contributed by atoms with Crippen molar-refractivity contribution in [2.24, 2.45) is 5.92 Å². The van der Waals surface area contributed by atoms with Gasteiger partial charge in [-0.25, -0.2) is 0 Å². The topological polar surface area (TPSA) is 58.4 Å². The fraction of sp³-hybridized carbons (Fsp3) is 0.765. The molecule has 1 aliphatic carbocycles. The van der Waals surface area contributed by atoms with E-state index in [9.17, 15) is 4.79 Å². The van der Waals surface area contributed by atoms with Crippen molar-refractivity contribution in [2.45, 2.75) is 64.8 Å². The first-order valence-electron chi connectivity index (χ1n) is 8.23. The van der Waals surface area contributed by atoms with Gasteiger partial charge in [-0.1, -0.05) is 32.9 Å². The number of aromatic nitrogens is 1. The number of hydrogen-bond acceptors (Lipinski definition) is 4. The fourth-order valence-corrected chi connectivity index (χ4v) is 2.90. The lowest BCUT2D eigenvalue weighted by Gasteiger charge is -2.33. The average Bonchev–Trinajstić information content (AvgIpc) is 2.87. The highest BCUT2D eigenvalue weighted by Gasteiger charge is 2.24. The Kier molecular flexibility index (Phi) is 5.27. The van der Waals surface area contributed by atoms with Crippen molar-refractivity contribution >= 4 is 11.8 Å². The Labute approximate surface area is 133 Å². The third-order valence-corrected chi connectivity index (χ3v) is 4.54. The van der Waals surface area contributed by atoms with Gasteiger partial charge in [0.25, 0.3) is 0 Å². The van der Waals surface area contributed by atoms with Crippen LogP contribution in [0.4, 0.5) is 5.88 Å². The first-order valence-corrected chi connectivity index (χ1v) is 8.23. The second-order valence-electron chi connectivity index (χ2n) is 7.70. The molecule has 5 heteroatoms. The molecule has 1 fully saturated rings. The molecular weight excluding hydrogens is 278 g/mol. The quantitative estimate of drug-likeness (QED) is 0.926. The van der Waals surface area contributed by atoms with Gasteiger partial charge in [0, 0.05) is 17.5 Å². The molecule has 0 radical (unpaired) electrons. The van der Waals surface area contributed by atoms with Crippen LogP contribution in [0.1, 0.15) is 59.1 Å². The minimum atomic E-state index is -0.0813. The SMILES string of the molecule is CC1CCC(N(C)CC(=O)Nc2cc(C(C)(C)C)no2)CC1. The van der Waals surface area contributed by atoms with E-state index >= 15 is 0 Å². The third kappa shape index (κ3) is 4.57. The summed E-state index contributed by atoms with van der Waals surface area (Å²) in [4.78, 5) is 14.3. The summed E-state index contributed by atoms with van der Waals surface area (Å²) in [5.41, 5.74) is 0.764. The number of likely N-dealkylation sites (N-methyl/N-ethyl adjacent to an activating group) is 1. The average molecular weight is 307 g/mol. The maximum Gasteiger partial charge on any atom is 0.240 e. The predicted molar refractivity (Wildman–Crippen MR) is 87.9 cm³/mol. The van der Waals surface area contributed by atoms with Crippen LogP contribution in [0.5, 0.6) is 0 Å². The molecule has 22 heavy (non-hydrogen) atoms. The molecule has 2 rings (SSSR count). The van der Waals surface area contributed by atoms with Crippen molar-refractivity contribution in [3.63, 3.8) is 0 Å². The van der Waals surface area contributed by atoms with Crippen LogP contribution in [0, 0.1) is 5.92 Å². The van der Waals surface area contributed by atoms with E-state index in [-0.39, 0.29) is 11.3 Å². The van der Waals surface area contributed by atoms with Crippen molar-refractivity contribution in [1.29, 1.82) is 0 Å². The van der Waals surface area contributed by atoms with E-state index in [1.165, 1.54) is 25.7 Å². The Bertz CT molecular complexity index is 496. The van der Waals surface area contributed by atoms with Crippen molar-refractivity contribution < 1.29 is 9.32 Å². The number of anilines is 1. The molecule has 0 bridgehead atoms. The van der Waals surface area contributed by atoms with Gasteiger partial charge in [-0.3, -0.25) is 15.0 Å². The molecule has 0 unspecified atom stereocenters. The Morgan fingerprint density at radius 3 is 2.55 bits per heavy atom. The number of amides is 1. The summed E-state index contributed by atoms with van der Waals surface area (Å²) >= 11 is 0. The molecule has 1 aromatic rings. The van der Waals surface area contributed by atoms with E-state index in [1.54, 1.807) is 6.07 Å². The zero-order valence-corrected chi connectivity index (χ0v) is 14.5. The molecule has 0 spiro atoms. The highest BCUT2D eigenvalue weighted by atomic mass is 16.5. The molecule has 0 saturated heterocycles. The van der Waals surface area contributed by atoms with Crippen LogP contribution in [0.25, 0.3) is 0 Å². The molecule has 0 atom stereocenters. The lowest BCUT2D eigenvalue weighted by molar-refractivity contribution is -0.117. The minimum Gasteiger partial charge on any atom is -0.338 e. The zero-order valence-electron chi connectivity index (χ0n) is 14.5. The van der Waals surface area contributed by atoms with Crippen LogP contribution in [0.3, 0.4) is 0 Å². The summed E-state index contributed by atoms with van der Waals surface area (Å²) < 4.78 is 5.20. The van der Waals surface area contributed by atoms with Crippen LogP contribution in [0.2, 0.25) is 0 Å². The Balaban J connectivity index is 1.83. The monoisotopic (exact) mass is 307 g/mol. The fourth-order valence-electron chi connectivity index (χ4n) is 2.90. The number of carbonyl (C=O) groups excluding carboxylic acids is 1. The van der Waals surface area contributed by atoms with Crippen LogP contribution in [0.15, 0.2) is 10.6 Å². The summed E-state index contributed by atoms with van der Waals surface area (Å²) in [6.45, 7) is 8.89. The highest BCUT2D eigenvalue weighted by molar-refractivity contribution is 5.91. The van der Waals surface area contributed by atoms with Gasteiger partial charge in [0.2, 0.25) is 11.8 Å². The van der Waals surface area contributed by atoms with Gasteiger partial charge in [0.15, 0.2) is 0 Å². The summed E-state index contributed by atoms with van der Waals surface area (Å²) in [5.74, 6) is 1.21. The van der Waals surface area contributed by atoms with Crippen molar-refractivity contribution in [1.82, 2.24) is 10.1 Å². The van der Waals surface area contributed by atoms with Crippen molar-refractivity contribution in [3.8, 4) is 0 Å². The van der Waals surface area contributed by atoms with E-state index < -0.39 is 0 Å².